The molecule has 0 atom stereocenters. The van der Waals surface area contributed by atoms with Crippen LogP contribution in [0.4, 0.5) is 15.8 Å². The Morgan fingerprint density at radius 2 is 2.06 bits per heavy atom. The van der Waals surface area contributed by atoms with Crippen LogP contribution in [0, 0.1) is 5.82 Å². The van der Waals surface area contributed by atoms with E-state index in [-0.39, 0.29) is 5.82 Å². The molecule has 0 unspecified atom stereocenters. The van der Waals surface area contributed by atoms with Gasteiger partial charge in [0.25, 0.3) is 0 Å². The lowest BCUT2D eigenvalue weighted by molar-refractivity contribution is 0.627. The largest absolute Gasteiger partial charge is 0.399 e. The van der Waals surface area contributed by atoms with Gasteiger partial charge >= 0.3 is 0 Å². The Labute approximate surface area is 106 Å². The molecule has 2 nitrogen and oxygen atoms in total. The molecular formula is C15H15FN2. The molecule has 1 heterocycles. The monoisotopic (exact) mass is 242 g/mol. The van der Waals surface area contributed by atoms with Gasteiger partial charge in [0.1, 0.15) is 5.82 Å². The summed E-state index contributed by atoms with van der Waals surface area (Å²) in [5.41, 5.74) is 9.94. The minimum Gasteiger partial charge on any atom is -0.399 e. The van der Waals surface area contributed by atoms with Crippen molar-refractivity contribution in [3.8, 4) is 0 Å². The fourth-order valence-electron chi connectivity index (χ4n) is 2.49. The van der Waals surface area contributed by atoms with Crippen molar-refractivity contribution in [2.45, 2.75) is 13.0 Å². The average molecular weight is 242 g/mol. The van der Waals surface area contributed by atoms with Crippen molar-refractivity contribution in [3.05, 3.63) is 59.4 Å². The van der Waals surface area contributed by atoms with Gasteiger partial charge in [-0.15, -0.1) is 0 Å². The lowest BCUT2D eigenvalue weighted by Gasteiger charge is -2.19. The lowest BCUT2D eigenvalue weighted by atomic mass is 10.1. The molecular weight excluding hydrogens is 227 g/mol. The van der Waals surface area contributed by atoms with Gasteiger partial charge in [-0.3, -0.25) is 0 Å². The number of nitrogen functional groups attached to an aromatic ring is 1. The number of hydrogen-bond donors (Lipinski definition) is 1. The predicted octanol–water partition coefficient (Wildman–Crippen LogP) is 2.97. The first-order valence-corrected chi connectivity index (χ1v) is 6.10. The van der Waals surface area contributed by atoms with E-state index < -0.39 is 0 Å². The number of benzene rings is 2. The van der Waals surface area contributed by atoms with Crippen molar-refractivity contribution in [2.24, 2.45) is 0 Å². The maximum atomic E-state index is 13.3. The van der Waals surface area contributed by atoms with Gasteiger partial charge in [0.05, 0.1) is 0 Å². The first kappa shape index (κ1) is 11.1. The van der Waals surface area contributed by atoms with E-state index in [9.17, 15) is 4.39 Å². The highest BCUT2D eigenvalue weighted by Crippen LogP contribution is 2.30. The zero-order valence-corrected chi connectivity index (χ0v) is 10.1. The highest BCUT2D eigenvalue weighted by molar-refractivity contribution is 5.58. The van der Waals surface area contributed by atoms with Crippen LogP contribution in [0.25, 0.3) is 0 Å². The molecule has 0 bridgehead atoms. The molecule has 0 aliphatic carbocycles. The number of nitrogens with two attached hydrogens (primary N) is 1. The second-order valence-electron chi connectivity index (χ2n) is 4.69. The Morgan fingerprint density at radius 3 is 2.89 bits per heavy atom. The van der Waals surface area contributed by atoms with Gasteiger partial charge < -0.3 is 10.6 Å². The van der Waals surface area contributed by atoms with E-state index >= 15 is 0 Å². The summed E-state index contributed by atoms with van der Waals surface area (Å²) >= 11 is 0. The third kappa shape index (κ3) is 2.04. The van der Waals surface area contributed by atoms with E-state index in [1.807, 2.05) is 30.3 Å². The second kappa shape index (κ2) is 4.33. The minimum absolute atomic E-state index is 0.173. The zero-order valence-electron chi connectivity index (χ0n) is 10.1. The molecule has 0 aromatic heterocycles. The van der Waals surface area contributed by atoms with Gasteiger partial charge in [-0.2, -0.15) is 0 Å². The van der Waals surface area contributed by atoms with Gasteiger partial charge in [0.2, 0.25) is 0 Å². The number of halogens is 1. The molecule has 0 spiro atoms. The first-order valence-electron chi connectivity index (χ1n) is 6.10. The average Bonchev–Trinajstić information content (AvgIpc) is 2.72. The van der Waals surface area contributed by atoms with Crippen LogP contribution in [0.15, 0.2) is 42.5 Å². The van der Waals surface area contributed by atoms with Crippen LogP contribution in [-0.4, -0.2) is 6.54 Å². The van der Waals surface area contributed by atoms with Gasteiger partial charge in [-0.25, -0.2) is 4.39 Å². The van der Waals surface area contributed by atoms with E-state index in [1.165, 1.54) is 11.6 Å². The second-order valence-corrected chi connectivity index (χ2v) is 4.69. The normalized spacial score (nSPS) is 13.7. The summed E-state index contributed by atoms with van der Waals surface area (Å²) in [7, 11) is 0. The summed E-state index contributed by atoms with van der Waals surface area (Å²) < 4.78 is 13.3. The minimum atomic E-state index is -0.173. The van der Waals surface area contributed by atoms with Gasteiger partial charge in [0.15, 0.2) is 0 Å². The lowest BCUT2D eigenvalue weighted by Crippen LogP contribution is -2.19. The molecule has 0 saturated carbocycles. The number of anilines is 2. The van der Waals surface area contributed by atoms with Crippen molar-refractivity contribution in [2.75, 3.05) is 17.2 Å². The molecule has 3 heteroatoms. The summed E-state index contributed by atoms with van der Waals surface area (Å²) in [6.45, 7) is 1.72. The summed E-state index contributed by atoms with van der Waals surface area (Å²) in [5.74, 6) is -0.173. The zero-order chi connectivity index (χ0) is 12.5. The van der Waals surface area contributed by atoms with Crippen molar-refractivity contribution in [3.63, 3.8) is 0 Å². The summed E-state index contributed by atoms with van der Waals surface area (Å²) in [5, 5.41) is 0. The molecule has 2 aromatic rings. The van der Waals surface area contributed by atoms with Crippen molar-refractivity contribution >= 4 is 11.4 Å². The molecule has 0 amide bonds. The fraction of sp³-hybridized carbons (Fsp3) is 0.200. The fourth-order valence-corrected chi connectivity index (χ4v) is 2.49. The topological polar surface area (TPSA) is 29.3 Å². The molecule has 1 aliphatic heterocycles. The molecule has 2 N–H and O–H groups in total. The van der Waals surface area contributed by atoms with Crippen LogP contribution in [0.1, 0.15) is 11.1 Å². The maximum Gasteiger partial charge on any atom is 0.125 e. The molecule has 18 heavy (non-hydrogen) atoms. The maximum absolute atomic E-state index is 13.3. The standard InChI is InChI=1S/C15H15FN2/c16-13-5-4-12-6-7-18(15(12)9-13)10-11-2-1-3-14(17)8-11/h1-5,8-9H,6-7,10,17H2. The van der Waals surface area contributed by atoms with E-state index in [4.69, 9.17) is 5.73 Å². The summed E-state index contributed by atoms with van der Waals surface area (Å²) in [4.78, 5) is 2.20. The first-order chi connectivity index (χ1) is 8.72. The Kier molecular flexibility index (Phi) is 2.67. The van der Waals surface area contributed by atoms with Crippen LogP contribution < -0.4 is 10.6 Å². The molecule has 2 aromatic carbocycles. The van der Waals surface area contributed by atoms with E-state index in [0.29, 0.717) is 0 Å². The smallest absolute Gasteiger partial charge is 0.125 e. The van der Waals surface area contributed by atoms with E-state index in [0.717, 1.165) is 36.4 Å². The highest BCUT2D eigenvalue weighted by atomic mass is 19.1. The quantitative estimate of drug-likeness (QED) is 0.820. The molecule has 0 radical (unpaired) electrons. The molecule has 0 fully saturated rings. The Balaban J connectivity index is 1.86. The van der Waals surface area contributed by atoms with Gasteiger partial charge in [-0.05, 0) is 41.8 Å². The van der Waals surface area contributed by atoms with Crippen LogP contribution in [-0.2, 0) is 13.0 Å². The van der Waals surface area contributed by atoms with Gasteiger partial charge in [0, 0.05) is 24.5 Å². The number of nitrogens with zero attached hydrogens (tertiary/aromatic N) is 1. The van der Waals surface area contributed by atoms with Crippen LogP contribution in [0.5, 0.6) is 0 Å². The molecule has 1 aliphatic rings. The summed E-state index contributed by atoms with van der Waals surface area (Å²) in [6.07, 6.45) is 0.984. The van der Waals surface area contributed by atoms with Crippen LogP contribution in [0.3, 0.4) is 0 Å². The summed E-state index contributed by atoms with van der Waals surface area (Å²) in [6, 6.07) is 12.9. The van der Waals surface area contributed by atoms with Crippen molar-refractivity contribution < 1.29 is 4.39 Å². The molecule has 92 valence electrons. The van der Waals surface area contributed by atoms with Crippen LogP contribution >= 0.6 is 0 Å². The van der Waals surface area contributed by atoms with E-state index in [1.54, 1.807) is 6.07 Å². The van der Waals surface area contributed by atoms with Crippen molar-refractivity contribution in [1.29, 1.82) is 0 Å². The van der Waals surface area contributed by atoms with Crippen LogP contribution in [0.2, 0.25) is 0 Å². The Hall–Kier alpha value is -2.03. The Bertz CT molecular complexity index is 580. The highest BCUT2D eigenvalue weighted by Gasteiger charge is 2.19. The van der Waals surface area contributed by atoms with E-state index in [2.05, 4.69) is 4.90 Å². The molecule has 0 saturated heterocycles. The number of rotatable bonds is 2. The predicted molar refractivity (Wildman–Crippen MR) is 72.0 cm³/mol. The third-order valence-corrected chi connectivity index (χ3v) is 3.36. The van der Waals surface area contributed by atoms with Gasteiger partial charge in [-0.1, -0.05) is 18.2 Å². The third-order valence-electron chi connectivity index (χ3n) is 3.36. The number of fused-ring (bicyclic) bond motifs is 1. The Morgan fingerprint density at radius 1 is 1.17 bits per heavy atom. The SMILES string of the molecule is Nc1cccc(CN2CCc3ccc(F)cc32)c1. The molecule has 3 rings (SSSR count). The van der Waals surface area contributed by atoms with Crippen molar-refractivity contribution in [1.82, 2.24) is 0 Å². The number of hydrogen-bond acceptors (Lipinski definition) is 2.